The van der Waals surface area contributed by atoms with E-state index in [-0.39, 0.29) is 24.9 Å². The lowest BCUT2D eigenvalue weighted by molar-refractivity contribution is -0.133. The van der Waals surface area contributed by atoms with Gasteiger partial charge in [0.1, 0.15) is 11.2 Å². The van der Waals surface area contributed by atoms with Crippen LogP contribution in [0.5, 0.6) is 0 Å². The maximum Gasteiger partial charge on any atom is 0.273 e. The van der Waals surface area contributed by atoms with Crippen molar-refractivity contribution in [2.24, 2.45) is 0 Å². The molecule has 0 bridgehead atoms. The Morgan fingerprint density at radius 1 is 1.16 bits per heavy atom. The molecule has 31 heavy (non-hydrogen) atoms. The summed E-state index contributed by atoms with van der Waals surface area (Å²) in [7, 11) is 0. The van der Waals surface area contributed by atoms with E-state index in [0.29, 0.717) is 22.3 Å². The van der Waals surface area contributed by atoms with Gasteiger partial charge < -0.3 is 10.2 Å². The third-order valence-electron chi connectivity index (χ3n) is 5.56. The minimum absolute atomic E-state index is 0.216. The zero-order chi connectivity index (χ0) is 22.2. The van der Waals surface area contributed by atoms with Crippen LogP contribution in [0.25, 0.3) is 0 Å². The average Bonchev–Trinajstić information content (AvgIpc) is 3.11. The lowest BCUT2D eigenvalue weighted by Gasteiger charge is -2.43. The van der Waals surface area contributed by atoms with Gasteiger partial charge in [0.15, 0.2) is 0 Å². The summed E-state index contributed by atoms with van der Waals surface area (Å²) in [5.41, 5.74) is 1.74. The summed E-state index contributed by atoms with van der Waals surface area (Å²) in [6, 6.07) is 16.3. The molecule has 2 amide bonds. The van der Waals surface area contributed by atoms with Crippen LogP contribution in [0.1, 0.15) is 34.2 Å². The van der Waals surface area contributed by atoms with E-state index in [1.54, 1.807) is 40.8 Å². The van der Waals surface area contributed by atoms with E-state index in [0.717, 1.165) is 16.8 Å². The second kappa shape index (κ2) is 8.36. The van der Waals surface area contributed by atoms with Crippen molar-refractivity contribution in [1.82, 2.24) is 20.0 Å². The molecule has 1 N–H and O–H groups in total. The van der Waals surface area contributed by atoms with Gasteiger partial charge in [-0.05, 0) is 49.2 Å². The first kappa shape index (κ1) is 21.4. The zero-order valence-corrected chi connectivity index (χ0v) is 18.7. The molecule has 2 heterocycles. The van der Waals surface area contributed by atoms with E-state index in [1.165, 1.54) is 0 Å². The number of benzene rings is 2. The van der Waals surface area contributed by atoms with Crippen LogP contribution in [0.2, 0.25) is 10.0 Å². The standard InChI is InChI=1S/C23H22Cl2N4O2/c1-15-11-20-21(30)28(13-17-5-3-4-6-19(17)25)23(2,14-29(20)27-15)22(31)26-12-16-7-9-18(24)10-8-16/h3-11H,12-14H2,1-2H3,(H,26,31)/t23-/m0/s1. The number of aryl methyl sites for hydroxylation is 1. The van der Waals surface area contributed by atoms with Crippen LogP contribution < -0.4 is 5.32 Å². The Morgan fingerprint density at radius 2 is 1.87 bits per heavy atom. The van der Waals surface area contributed by atoms with Gasteiger partial charge in [-0.1, -0.05) is 53.5 Å². The topological polar surface area (TPSA) is 67.2 Å². The van der Waals surface area contributed by atoms with Crippen molar-refractivity contribution in [3.8, 4) is 0 Å². The van der Waals surface area contributed by atoms with Gasteiger partial charge in [0, 0.05) is 23.1 Å². The Morgan fingerprint density at radius 3 is 2.58 bits per heavy atom. The molecule has 0 fully saturated rings. The summed E-state index contributed by atoms with van der Waals surface area (Å²) in [6.45, 7) is 4.38. The predicted molar refractivity (Wildman–Crippen MR) is 120 cm³/mol. The van der Waals surface area contributed by atoms with Gasteiger partial charge in [0.2, 0.25) is 5.91 Å². The molecule has 0 spiro atoms. The van der Waals surface area contributed by atoms with Crippen molar-refractivity contribution in [2.75, 3.05) is 0 Å². The number of hydrogen-bond acceptors (Lipinski definition) is 3. The highest BCUT2D eigenvalue weighted by Gasteiger charge is 2.47. The molecule has 0 radical (unpaired) electrons. The molecular formula is C23H22Cl2N4O2. The molecule has 3 aromatic rings. The lowest BCUT2D eigenvalue weighted by atomic mass is 9.94. The summed E-state index contributed by atoms with van der Waals surface area (Å²) in [6.07, 6.45) is 0. The van der Waals surface area contributed by atoms with E-state index in [1.807, 2.05) is 37.3 Å². The number of halogens is 2. The Labute approximate surface area is 190 Å². The minimum atomic E-state index is -1.14. The van der Waals surface area contributed by atoms with Gasteiger partial charge in [-0.25, -0.2) is 0 Å². The SMILES string of the molecule is Cc1cc2n(n1)C[C@@](C)(C(=O)NCc1ccc(Cl)cc1)N(Cc1ccccc1Cl)C2=O. The first-order valence-electron chi connectivity index (χ1n) is 9.90. The molecule has 1 atom stereocenters. The number of carbonyl (C=O) groups excluding carboxylic acids is 2. The van der Waals surface area contributed by atoms with E-state index >= 15 is 0 Å². The van der Waals surface area contributed by atoms with Crippen molar-refractivity contribution >= 4 is 35.0 Å². The fourth-order valence-corrected chi connectivity index (χ4v) is 4.11. The van der Waals surface area contributed by atoms with Crippen molar-refractivity contribution in [3.63, 3.8) is 0 Å². The van der Waals surface area contributed by atoms with Gasteiger partial charge >= 0.3 is 0 Å². The smallest absolute Gasteiger partial charge is 0.273 e. The van der Waals surface area contributed by atoms with Crippen LogP contribution in [0.3, 0.4) is 0 Å². The normalized spacial score (nSPS) is 18.1. The molecule has 4 rings (SSSR count). The summed E-state index contributed by atoms with van der Waals surface area (Å²) < 4.78 is 1.61. The zero-order valence-electron chi connectivity index (χ0n) is 17.2. The van der Waals surface area contributed by atoms with Gasteiger partial charge in [-0.2, -0.15) is 5.10 Å². The Bertz CT molecular complexity index is 1140. The first-order chi connectivity index (χ1) is 14.8. The second-order valence-corrected chi connectivity index (χ2v) is 8.74. The number of aromatic nitrogens is 2. The van der Waals surface area contributed by atoms with Crippen LogP contribution in [-0.2, 0) is 24.4 Å². The average molecular weight is 457 g/mol. The van der Waals surface area contributed by atoms with Crippen LogP contribution in [0.15, 0.2) is 54.6 Å². The number of rotatable bonds is 5. The quantitative estimate of drug-likeness (QED) is 0.624. The predicted octanol–water partition coefficient (Wildman–Crippen LogP) is 4.23. The molecule has 2 aromatic carbocycles. The Balaban J connectivity index is 1.65. The molecule has 0 saturated heterocycles. The van der Waals surface area contributed by atoms with Crippen LogP contribution >= 0.6 is 23.2 Å². The van der Waals surface area contributed by atoms with Crippen LogP contribution in [0, 0.1) is 6.92 Å². The maximum atomic E-state index is 13.4. The van der Waals surface area contributed by atoms with Crippen molar-refractivity contribution in [1.29, 1.82) is 0 Å². The first-order valence-corrected chi connectivity index (χ1v) is 10.7. The number of amides is 2. The molecular weight excluding hydrogens is 435 g/mol. The summed E-state index contributed by atoms with van der Waals surface area (Å²) in [5, 5.41) is 8.56. The monoisotopic (exact) mass is 456 g/mol. The number of nitrogens with zero attached hydrogens (tertiary/aromatic N) is 3. The third-order valence-corrected chi connectivity index (χ3v) is 6.18. The second-order valence-electron chi connectivity index (χ2n) is 7.89. The van der Waals surface area contributed by atoms with Gasteiger partial charge in [0.25, 0.3) is 5.91 Å². The Hall–Kier alpha value is -2.83. The van der Waals surface area contributed by atoms with E-state index < -0.39 is 5.54 Å². The highest BCUT2D eigenvalue weighted by Crippen LogP contribution is 2.31. The summed E-state index contributed by atoms with van der Waals surface area (Å²) in [4.78, 5) is 28.4. The fourth-order valence-electron chi connectivity index (χ4n) is 3.79. The van der Waals surface area contributed by atoms with Gasteiger partial charge in [-0.15, -0.1) is 0 Å². The molecule has 8 heteroatoms. The molecule has 0 unspecified atom stereocenters. The van der Waals surface area contributed by atoms with Crippen LogP contribution in [0.4, 0.5) is 0 Å². The van der Waals surface area contributed by atoms with E-state index in [9.17, 15) is 9.59 Å². The lowest BCUT2D eigenvalue weighted by Crippen LogP contribution is -2.63. The molecule has 160 valence electrons. The van der Waals surface area contributed by atoms with Gasteiger partial charge in [-0.3, -0.25) is 14.3 Å². The molecule has 0 aliphatic carbocycles. The van der Waals surface area contributed by atoms with Crippen LogP contribution in [-0.4, -0.2) is 32.0 Å². The van der Waals surface area contributed by atoms with E-state index in [2.05, 4.69) is 10.4 Å². The highest BCUT2D eigenvalue weighted by atomic mass is 35.5. The number of hydrogen-bond donors (Lipinski definition) is 1. The Kier molecular flexibility index (Phi) is 5.77. The number of fused-ring (bicyclic) bond motifs is 1. The van der Waals surface area contributed by atoms with Crippen molar-refractivity contribution in [2.45, 2.75) is 39.0 Å². The maximum absolute atomic E-state index is 13.4. The molecule has 1 aromatic heterocycles. The molecule has 1 aliphatic heterocycles. The molecule has 6 nitrogen and oxygen atoms in total. The number of nitrogens with one attached hydrogen (secondary N) is 1. The summed E-state index contributed by atoms with van der Waals surface area (Å²) >= 11 is 12.3. The highest BCUT2D eigenvalue weighted by molar-refractivity contribution is 6.31. The van der Waals surface area contributed by atoms with E-state index in [4.69, 9.17) is 23.2 Å². The molecule has 0 saturated carbocycles. The van der Waals surface area contributed by atoms with Crippen molar-refractivity contribution in [3.05, 3.63) is 87.2 Å². The minimum Gasteiger partial charge on any atom is -0.350 e. The van der Waals surface area contributed by atoms with Gasteiger partial charge in [0.05, 0.1) is 12.2 Å². The summed E-state index contributed by atoms with van der Waals surface area (Å²) in [5.74, 6) is -0.516. The number of carbonyl (C=O) groups is 2. The molecule has 1 aliphatic rings. The van der Waals surface area contributed by atoms with Crippen molar-refractivity contribution < 1.29 is 9.59 Å². The third kappa shape index (κ3) is 4.18. The fraction of sp³-hybridized carbons (Fsp3) is 0.261. The largest absolute Gasteiger partial charge is 0.350 e.